The minimum atomic E-state index is -3.10. The Labute approximate surface area is 217 Å². The number of aryl methyl sites for hydroxylation is 1. The first-order valence-electron chi connectivity index (χ1n) is 12.6. The highest BCUT2D eigenvalue weighted by Gasteiger charge is 2.33. The van der Waals surface area contributed by atoms with Crippen LogP contribution in [0.3, 0.4) is 0 Å². The second-order valence-electron chi connectivity index (χ2n) is 10.1. The van der Waals surface area contributed by atoms with Gasteiger partial charge in [-0.2, -0.15) is 19.0 Å². The molecular formula is C26H33F2N6O2P. The summed E-state index contributed by atoms with van der Waals surface area (Å²) in [5.41, 5.74) is 2.02. The number of carbonyl (C=O) groups is 1. The van der Waals surface area contributed by atoms with Gasteiger partial charge < -0.3 is 14.5 Å². The van der Waals surface area contributed by atoms with Gasteiger partial charge in [-0.05, 0) is 42.0 Å². The lowest BCUT2D eigenvalue weighted by Gasteiger charge is -2.27. The number of halogens is 2. The number of anilines is 2. The van der Waals surface area contributed by atoms with E-state index in [0.717, 1.165) is 72.4 Å². The number of ether oxygens (including phenoxy) is 1. The normalized spacial score (nSPS) is 18.9. The molecule has 11 heteroatoms. The van der Waals surface area contributed by atoms with Gasteiger partial charge in [-0.25, -0.2) is 0 Å². The summed E-state index contributed by atoms with van der Waals surface area (Å²) >= 11 is 0. The Balaban J connectivity index is 0.000000412. The van der Waals surface area contributed by atoms with E-state index in [2.05, 4.69) is 27.1 Å². The van der Waals surface area contributed by atoms with Crippen LogP contribution in [0.4, 0.5) is 20.3 Å². The molecule has 1 N–H and O–H groups in total. The molecule has 3 aromatic rings. The van der Waals surface area contributed by atoms with Crippen LogP contribution in [0.2, 0.25) is 0 Å². The molecule has 2 aromatic heterocycles. The summed E-state index contributed by atoms with van der Waals surface area (Å²) in [6, 6.07) is 5.78. The number of rotatable bonds is 3. The zero-order valence-electron chi connectivity index (χ0n) is 21.4. The molecule has 198 valence electrons. The number of amides is 1. The molecule has 3 aliphatic heterocycles. The molecule has 37 heavy (non-hydrogen) atoms. The molecule has 1 aromatic carbocycles. The third-order valence-electron chi connectivity index (χ3n) is 7.20. The molecule has 0 spiro atoms. The predicted octanol–water partition coefficient (Wildman–Crippen LogP) is 4.38. The van der Waals surface area contributed by atoms with Gasteiger partial charge >= 0.3 is 5.66 Å². The smallest absolute Gasteiger partial charge is 0.302 e. The van der Waals surface area contributed by atoms with Crippen molar-refractivity contribution in [2.45, 2.75) is 45.3 Å². The topological polar surface area (TPSA) is 79.3 Å². The zero-order chi connectivity index (χ0) is 26.3. The van der Waals surface area contributed by atoms with Crippen LogP contribution < -0.4 is 4.90 Å². The van der Waals surface area contributed by atoms with Gasteiger partial charge in [0.25, 0.3) is 0 Å². The summed E-state index contributed by atoms with van der Waals surface area (Å²) < 4.78 is 34.5. The fourth-order valence-corrected chi connectivity index (χ4v) is 5.37. The van der Waals surface area contributed by atoms with Gasteiger partial charge in [0.15, 0.2) is 5.82 Å². The van der Waals surface area contributed by atoms with E-state index in [-0.39, 0.29) is 11.6 Å². The van der Waals surface area contributed by atoms with E-state index in [0.29, 0.717) is 18.7 Å². The Bertz CT molecular complexity index is 1290. The number of aromatic amines is 1. The van der Waals surface area contributed by atoms with Crippen LogP contribution in [-0.2, 0) is 41.6 Å². The van der Waals surface area contributed by atoms with E-state index >= 15 is 0 Å². The monoisotopic (exact) mass is 530 g/mol. The third kappa shape index (κ3) is 5.27. The van der Waals surface area contributed by atoms with Crippen LogP contribution in [0.1, 0.15) is 42.8 Å². The van der Waals surface area contributed by atoms with Crippen LogP contribution in [0.15, 0.2) is 24.4 Å². The van der Waals surface area contributed by atoms with Gasteiger partial charge in [-0.15, -0.1) is 0 Å². The molecule has 2 atom stereocenters. The van der Waals surface area contributed by atoms with E-state index in [9.17, 15) is 13.6 Å². The quantitative estimate of drug-likeness (QED) is 0.509. The third-order valence-corrected chi connectivity index (χ3v) is 7.47. The van der Waals surface area contributed by atoms with Gasteiger partial charge in [0.2, 0.25) is 5.91 Å². The van der Waals surface area contributed by atoms with Crippen molar-refractivity contribution >= 4 is 26.7 Å². The van der Waals surface area contributed by atoms with Crippen molar-refractivity contribution in [2.75, 3.05) is 31.2 Å². The number of H-pyrrole nitrogens is 1. The molecule has 8 nitrogen and oxygen atoms in total. The molecule has 0 aliphatic carbocycles. The van der Waals surface area contributed by atoms with E-state index in [4.69, 9.17) is 4.74 Å². The van der Waals surface area contributed by atoms with Crippen molar-refractivity contribution in [3.05, 3.63) is 46.9 Å². The number of nitrogens with one attached hydrogen (secondary N) is 1. The second-order valence-corrected chi connectivity index (χ2v) is 10.8. The minimum absolute atomic E-state index is 0.0578. The molecule has 0 bridgehead atoms. The van der Waals surface area contributed by atoms with Crippen LogP contribution in [0, 0.1) is 5.92 Å². The number of hydrogen-bond acceptors (Lipinski definition) is 5. The van der Waals surface area contributed by atoms with Gasteiger partial charge in [-0.1, -0.05) is 22.2 Å². The average molecular weight is 531 g/mol. The predicted molar refractivity (Wildman–Crippen MR) is 141 cm³/mol. The number of carbonyl (C=O) groups excluding carboxylic acids is 1. The van der Waals surface area contributed by atoms with Gasteiger partial charge in [0.05, 0.1) is 6.54 Å². The number of aromatic nitrogens is 4. The lowest BCUT2D eigenvalue weighted by molar-refractivity contribution is -0.129. The molecule has 1 saturated heterocycles. The van der Waals surface area contributed by atoms with E-state index < -0.39 is 5.66 Å². The summed E-state index contributed by atoms with van der Waals surface area (Å²) in [5, 5.41) is 11.6. The summed E-state index contributed by atoms with van der Waals surface area (Å²) in [6.07, 6.45) is 4.44. The van der Waals surface area contributed by atoms with E-state index in [1.807, 2.05) is 23.1 Å². The zero-order valence-corrected chi connectivity index (χ0v) is 22.6. The van der Waals surface area contributed by atoms with Gasteiger partial charge in [0.1, 0.15) is 5.69 Å². The van der Waals surface area contributed by atoms with Crippen molar-refractivity contribution in [1.82, 2.24) is 24.9 Å². The summed E-state index contributed by atoms with van der Waals surface area (Å²) in [4.78, 5) is 15.8. The molecule has 3 aliphatic rings. The molecule has 1 amide bonds. The lowest BCUT2D eigenvalue weighted by atomic mass is 10.0. The maximum atomic E-state index is 14.0. The molecular weight excluding hydrogens is 497 g/mol. The lowest BCUT2D eigenvalue weighted by Crippen LogP contribution is -2.34. The molecule has 1 fully saturated rings. The Morgan fingerprint density at radius 3 is 2.73 bits per heavy atom. The fourth-order valence-electron chi connectivity index (χ4n) is 5.16. The van der Waals surface area contributed by atoms with Crippen molar-refractivity contribution < 1.29 is 18.3 Å². The van der Waals surface area contributed by atoms with Crippen molar-refractivity contribution in [3.8, 4) is 11.1 Å². The van der Waals surface area contributed by atoms with Gasteiger partial charge in [0, 0.05) is 75.4 Å². The van der Waals surface area contributed by atoms with E-state index in [1.165, 1.54) is 11.1 Å². The number of hydrogen-bond donors (Lipinski definition) is 1. The van der Waals surface area contributed by atoms with Crippen LogP contribution in [0.25, 0.3) is 11.1 Å². The summed E-state index contributed by atoms with van der Waals surface area (Å²) in [7, 11) is 3.21. The minimum Gasteiger partial charge on any atom is -0.381 e. The highest BCUT2D eigenvalue weighted by molar-refractivity contribution is 7.17. The maximum absolute atomic E-state index is 14.0. The van der Waals surface area contributed by atoms with Crippen molar-refractivity contribution in [2.24, 2.45) is 13.0 Å². The van der Waals surface area contributed by atoms with Crippen LogP contribution in [-0.4, -0.2) is 57.1 Å². The molecule has 5 heterocycles. The Kier molecular flexibility index (Phi) is 7.07. The molecule has 1 unspecified atom stereocenters. The highest BCUT2D eigenvalue weighted by atomic mass is 31.0. The standard InChI is InChI=1S/C21H23F2N6OP.C5H10O/c1-12(30)28-7-6-17-16(11-28)20(25-24-17)29-8-5-14-9-13(3-4-18(14)29)15-10-27(2)26-19(15)21(22,23)31;1-5-2-3-6-4-5/h3-4,9-10H,5-8,11,31H2,1-2H3,(H,24,25);5H,2-4H2,1H3/t;5-/m.0/s1. The maximum Gasteiger partial charge on any atom is 0.302 e. The number of alkyl halides is 2. The first-order chi connectivity index (χ1) is 17.6. The Morgan fingerprint density at radius 2 is 2.08 bits per heavy atom. The SMILES string of the molecule is CC(=O)N1CCc2[nH]nc(N3CCc4cc(-c5cn(C)nc5C(F)(F)P)ccc43)c2C1.C[C@H]1CCOC1. The Hall–Kier alpha value is -2.84. The van der Waals surface area contributed by atoms with Gasteiger partial charge in [-0.3, -0.25) is 14.6 Å². The number of fused-ring (bicyclic) bond motifs is 2. The first-order valence-corrected chi connectivity index (χ1v) is 13.2. The number of benzene rings is 1. The second kappa shape index (κ2) is 10.1. The Morgan fingerprint density at radius 1 is 1.27 bits per heavy atom. The van der Waals surface area contributed by atoms with Crippen LogP contribution >= 0.6 is 9.24 Å². The van der Waals surface area contributed by atoms with Crippen molar-refractivity contribution in [1.29, 1.82) is 0 Å². The van der Waals surface area contributed by atoms with Crippen LogP contribution in [0.5, 0.6) is 0 Å². The molecule has 6 rings (SSSR count). The highest BCUT2D eigenvalue weighted by Crippen LogP contribution is 2.43. The van der Waals surface area contributed by atoms with E-state index in [1.54, 1.807) is 29.4 Å². The largest absolute Gasteiger partial charge is 0.381 e. The summed E-state index contributed by atoms with van der Waals surface area (Å²) in [5.74, 6) is 1.72. The summed E-state index contributed by atoms with van der Waals surface area (Å²) in [6.45, 7) is 7.76. The molecule has 0 saturated carbocycles. The molecule has 0 radical (unpaired) electrons. The first kappa shape index (κ1) is 25.8. The van der Waals surface area contributed by atoms with Crippen molar-refractivity contribution in [3.63, 3.8) is 0 Å². The number of nitrogens with zero attached hydrogens (tertiary/aromatic N) is 5. The average Bonchev–Trinajstić information content (AvgIpc) is 3.64. The fraction of sp³-hybridized carbons (Fsp3) is 0.500.